The van der Waals surface area contributed by atoms with Crippen LogP contribution in [0.25, 0.3) is 0 Å². The zero-order valence-electron chi connectivity index (χ0n) is 17.9. The quantitative estimate of drug-likeness (QED) is 0.663. The maximum absolute atomic E-state index is 13.5. The van der Waals surface area contributed by atoms with Gasteiger partial charge in [0.1, 0.15) is 4.90 Å². The van der Waals surface area contributed by atoms with E-state index in [1.165, 1.54) is 6.20 Å². The molecule has 3 aliphatic rings. The molecule has 1 aromatic heterocycles. The standard InChI is InChI=1S/C21H32N4O4S/c1-3-24-10-8-21(19(24)26)17-23(13-14-29-2)16-20(21)6-11-25(12-7-20)30(27,28)18-5-4-9-22-15-18/h4-5,9,15H,3,6-8,10-14,16-17H2,1-2H3. The van der Waals surface area contributed by atoms with Gasteiger partial charge in [0.2, 0.25) is 15.9 Å². The second-order valence-electron chi connectivity index (χ2n) is 8.79. The molecule has 0 N–H and O–H groups in total. The molecule has 1 atom stereocenters. The fourth-order valence-electron chi connectivity index (χ4n) is 5.78. The number of hydrogen-bond donors (Lipinski definition) is 0. The summed E-state index contributed by atoms with van der Waals surface area (Å²) in [6.07, 6.45) is 5.26. The summed E-state index contributed by atoms with van der Waals surface area (Å²) >= 11 is 0. The van der Waals surface area contributed by atoms with Crippen molar-refractivity contribution in [3.8, 4) is 0 Å². The van der Waals surface area contributed by atoms with Crippen LogP contribution in [0.4, 0.5) is 0 Å². The van der Waals surface area contributed by atoms with Crippen molar-refractivity contribution in [1.82, 2.24) is 19.1 Å². The van der Waals surface area contributed by atoms with Crippen molar-refractivity contribution >= 4 is 15.9 Å². The normalized spacial score (nSPS) is 27.5. The van der Waals surface area contributed by atoms with E-state index < -0.39 is 15.4 Å². The SMILES string of the molecule is CCN1CCC2(CN(CCOC)CC23CCN(S(=O)(=O)c2cccnc2)CC3)C1=O. The lowest BCUT2D eigenvalue weighted by atomic mass is 9.60. The number of nitrogens with zero attached hydrogens (tertiary/aromatic N) is 4. The molecule has 0 aromatic carbocycles. The highest BCUT2D eigenvalue weighted by Gasteiger charge is 2.65. The summed E-state index contributed by atoms with van der Waals surface area (Å²) in [4.78, 5) is 22.0. The first-order chi connectivity index (χ1) is 14.4. The summed E-state index contributed by atoms with van der Waals surface area (Å²) in [5.74, 6) is 0.258. The maximum Gasteiger partial charge on any atom is 0.244 e. The first kappa shape index (κ1) is 21.7. The van der Waals surface area contributed by atoms with E-state index in [1.807, 2.05) is 11.8 Å². The van der Waals surface area contributed by atoms with Gasteiger partial charge >= 0.3 is 0 Å². The molecule has 30 heavy (non-hydrogen) atoms. The Bertz CT molecular complexity index is 870. The molecule has 4 heterocycles. The van der Waals surface area contributed by atoms with Gasteiger partial charge in [-0.05, 0) is 38.3 Å². The monoisotopic (exact) mass is 436 g/mol. The number of hydrogen-bond acceptors (Lipinski definition) is 6. The van der Waals surface area contributed by atoms with E-state index in [0.717, 1.165) is 39.1 Å². The summed E-state index contributed by atoms with van der Waals surface area (Å²) in [7, 11) is -1.86. The molecule has 3 fully saturated rings. The zero-order valence-corrected chi connectivity index (χ0v) is 18.7. The van der Waals surface area contributed by atoms with Crippen molar-refractivity contribution in [3.63, 3.8) is 0 Å². The fourth-order valence-corrected chi connectivity index (χ4v) is 7.19. The second kappa shape index (κ2) is 8.18. The minimum Gasteiger partial charge on any atom is -0.383 e. The summed E-state index contributed by atoms with van der Waals surface area (Å²) in [6, 6.07) is 3.24. The molecule has 0 saturated carbocycles. The van der Waals surface area contributed by atoms with Crippen LogP contribution in [-0.4, -0.2) is 92.9 Å². The first-order valence-electron chi connectivity index (χ1n) is 10.8. The molecule has 1 aromatic rings. The molecule has 1 unspecified atom stereocenters. The van der Waals surface area contributed by atoms with Crippen molar-refractivity contribution in [1.29, 1.82) is 0 Å². The molecule has 0 radical (unpaired) electrons. The molecule has 9 heteroatoms. The molecule has 2 spiro atoms. The van der Waals surface area contributed by atoms with Gasteiger partial charge in [-0.15, -0.1) is 0 Å². The lowest BCUT2D eigenvalue weighted by Gasteiger charge is -2.46. The third kappa shape index (κ3) is 3.36. The molecule has 1 amide bonds. The van der Waals surface area contributed by atoms with E-state index in [1.54, 1.807) is 29.7 Å². The Labute approximate surface area is 179 Å². The number of sulfonamides is 1. The van der Waals surface area contributed by atoms with Crippen molar-refractivity contribution in [2.75, 3.05) is 59.5 Å². The van der Waals surface area contributed by atoms with E-state index in [-0.39, 0.29) is 16.2 Å². The van der Waals surface area contributed by atoms with E-state index in [2.05, 4.69) is 9.88 Å². The number of piperidine rings is 1. The number of fused-ring (bicyclic) bond motifs is 1. The molecule has 0 aliphatic carbocycles. The van der Waals surface area contributed by atoms with Crippen molar-refractivity contribution in [2.45, 2.75) is 31.1 Å². The van der Waals surface area contributed by atoms with Gasteiger partial charge in [0.25, 0.3) is 0 Å². The highest BCUT2D eigenvalue weighted by Crippen LogP contribution is 2.58. The molecular formula is C21H32N4O4S. The van der Waals surface area contributed by atoms with Crippen molar-refractivity contribution in [2.24, 2.45) is 10.8 Å². The van der Waals surface area contributed by atoms with Gasteiger partial charge in [0, 0.05) is 70.7 Å². The van der Waals surface area contributed by atoms with Crippen LogP contribution in [0, 0.1) is 10.8 Å². The number of carbonyl (C=O) groups excluding carboxylic acids is 1. The van der Waals surface area contributed by atoms with Gasteiger partial charge in [-0.25, -0.2) is 8.42 Å². The van der Waals surface area contributed by atoms with Gasteiger partial charge in [0.05, 0.1) is 12.0 Å². The minimum absolute atomic E-state index is 0.178. The van der Waals surface area contributed by atoms with Crippen LogP contribution in [-0.2, 0) is 19.6 Å². The minimum atomic E-state index is -3.56. The summed E-state index contributed by atoms with van der Waals surface area (Å²) < 4.78 is 33.0. The van der Waals surface area contributed by atoms with E-state index in [9.17, 15) is 13.2 Å². The van der Waals surface area contributed by atoms with Crippen molar-refractivity contribution in [3.05, 3.63) is 24.5 Å². The average molecular weight is 437 g/mol. The Morgan fingerprint density at radius 1 is 1.17 bits per heavy atom. The Kier molecular flexibility index (Phi) is 5.91. The maximum atomic E-state index is 13.5. The summed E-state index contributed by atoms with van der Waals surface area (Å²) in [6.45, 7) is 7.47. The second-order valence-corrected chi connectivity index (χ2v) is 10.7. The van der Waals surface area contributed by atoms with Crippen LogP contribution < -0.4 is 0 Å². The number of aromatic nitrogens is 1. The van der Waals surface area contributed by atoms with E-state index >= 15 is 0 Å². The Morgan fingerprint density at radius 3 is 2.53 bits per heavy atom. The van der Waals surface area contributed by atoms with Crippen LogP contribution in [0.1, 0.15) is 26.2 Å². The van der Waals surface area contributed by atoms with Crippen LogP contribution in [0.15, 0.2) is 29.4 Å². The smallest absolute Gasteiger partial charge is 0.244 e. The highest BCUT2D eigenvalue weighted by molar-refractivity contribution is 7.89. The van der Waals surface area contributed by atoms with Gasteiger partial charge in [-0.3, -0.25) is 14.7 Å². The fraction of sp³-hybridized carbons (Fsp3) is 0.714. The van der Waals surface area contributed by atoms with Crippen LogP contribution >= 0.6 is 0 Å². The van der Waals surface area contributed by atoms with Gasteiger partial charge in [-0.1, -0.05) is 0 Å². The van der Waals surface area contributed by atoms with Crippen molar-refractivity contribution < 1.29 is 17.9 Å². The first-order valence-corrected chi connectivity index (χ1v) is 12.2. The van der Waals surface area contributed by atoms with Crippen LogP contribution in [0.2, 0.25) is 0 Å². The topological polar surface area (TPSA) is 83.1 Å². The predicted octanol–water partition coefficient (Wildman–Crippen LogP) is 1.05. The lowest BCUT2D eigenvalue weighted by molar-refractivity contribution is -0.141. The van der Waals surface area contributed by atoms with Crippen LogP contribution in [0.3, 0.4) is 0 Å². The highest BCUT2D eigenvalue weighted by atomic mass is 32.2. The lowest BCUT2D eigenvalue weighted by Crippen LogP contribution is -2.53. The average Bonchev–Trinajstić information content (AvgIpc) is 3.25. The number of rotatable bonds is 6. The number of likely N-dealkylation sites (tertiary alicyclic amines) is 2. The molecule has 3 saturated heterocycles. The molecule has 3 aliphatic heterocycles. The summed E-state index contributed by atoms with van der Waals surface area (Å²) in [5.41, 5.74) is -0.580. The molecule has 0 bridgehead atoms. The molecular weight excluding hydrogens is 404 g/mol. The largest absolute Gasteiger partial charge is 0.383 e. The van der Waals surface area contributed by atoms with Gasteiger partial charge < -0.3 is 9.64 Å². The Balaban J connectivity index is 1.57. The molecule has 166 valence electrons. The number of pyridine rings is 1. The molecule has 4 rings (SSSR count). The van der Waals surface area contributed by atoms with E-state index in [0.29, 0.717) is 32.5 Å². The van der Waals surface area contributed by atoms with Crippen LogP contribution in [0.5, 0.6) is 0 Å². The zero-order chi connectivity index (χ0) is 21.4. The predicted molar refractivity (Wildman–Crippen MR) is 112 cm³/mol. The van der Waals surface area contributed by atoms with E-state index in [4.69, 9.17) is 4.74 Å². The molecule has 8 nitrogen and oxygen atoms in total. The van der Waals surface area contributed by atoms with Gasteiger partial charge in [0.15, 0.2) is 0 Å². The Hall–Kier alpha value is -1.55. The van der Waals surface area contributed by atoms with Gasteiger partial charge in [-0.2, -0.15) is 4.31 Å². The third-order valence-corrected chi connectivity index (χ3v) is 9.37. The Morgan fingerprint density at radius 2 is 1.93 bits per heavy atom. The number of amides is 1. The summed E-state index contributed by atoms with van der Waals surface area (Å²) in [5, 5.41) is 0. The number of methoxy groups -OCH3 is 1. The number of carbonyl (C=O) groups is 1. The third-order valence-electron chi connectivity index (χ3n) is 7.49. The number of ether oxygens (including phenoxy) is 1.